The minimum atomic E-state index is -0.476. The van der Waals surface area contributed by atoms with E-state index >= 15 is 0 Å². The summed E-state index contributed by atoms with van der Waals surface area (Å²) in [5, 5.41) is 3.68. The van der Waals surface area contributed by atoms with Crippen molar-refractivity contribution in [2.24, 2.45) is 0 Å². The van der Waals surface area contributed by atoms with Crippen molar-refractivity contribution < 1.29 is 23.5 Å². The number of ether oxygens (including phenoxy) is 2. The zero-order valence-corrected chi connectivity index (χ0v) is 16.6. The van der Waals surface area contributed by atoms with Crippen LogP contribution in [0.25, 0.3) is 11.0 Å². The van der Waals surface area contributed by atoms with E-state index in [0.29, 0.717) is 16.9 Å². The number of rotatable bonds is 9. The number of benzene rings is 2. The van der Waals surface area contributed by atoms with Crippen molar-refractivity contribution in [1.29, 1.82) is 0 Å². The lowest BCUT2D eigenvalue weighted by Crippen LogP contribution is -2.36. The van der Waals surface area contributed by atoms with Gasteiger partial charge in [-0.25, -0.2) is 0 Å². The number of hydrogen-bond donors (Lipinski definition) is 1. The van der Waals surface area contributed by atoms with Crippen LogP contribution in [-0.2, 0) is 27.2 Å². The molecule has 0 bridgehead atoms. The molecule has 0 saturated carbocycles. The summed E-state index contributed by atoms with van der Waals surface area (Å²) in [5.41, 5.74) is 2.58. The predicted molar refractivity (Wildman–Crippen MR) is 110 cm³/mol. The molecular weight excluding hydrogens is 370 g/mol. The molecule has 1 atom stereocenters. The minimum Gasteiger partial charge on any atom is -0.497 e. The number of aryl methyl sites for hydroxylation is 1. The number of hydrogen-bond acceptors (Lipinski definition) is 5. The van der Waals surface area contributed by atoms with Crippen LogP contribution >= 0.6 is 0 Å². The third-order valence-corrected chi connectivity index (χ3v) is 4.68. The number of amides is 1. The third-order valence-electron chi connectivity index (χ3n) is 4.68. The van der Waals surface area contributed by atoms with Gasteiger partial charge in [-0.1, -0.05) is 30.3 Å². The van der Waals surface area contributed by atoms with E-state index in [1.807, 2.05) is 31.2 Å². The van der Waals surface area contributed by atoms with E-state index in [2.05, 4.69) is 17.4 Å². The first-order valence-corrected chi connectivity index (χ1v) is 9.58. The maximum absolute atomic E-state index is 12.1. The highest BCUT2D eigenvalue weighted by Gasteiger charge is 2.14. The molecule has 0 spiro atoms. The second-order valence-electron chi connectivity index (χ2n) is 6.95. The van der Waals surface area contributed by atoms with Crippen molar-refractivity contribution in [2.75, 3.05) is 13.7 Å². The highest BCUT2D eigenvalue weighted by molar-refractivity contribution is 5.87. The van der Waals surface area contributed by atoms with E-state index < -0.39 is 5.97 Å². The SMILES string of the molecule is COc1ccc2c(CC(=O)OCC(=O)N[C@@H](C)CCc3ccccc3)coc2c1. The fourth-order valence-corrected chi connectivity index (χ4v) is 3.10. The van der Waals surface area contributed by atoms with Gasteiger partial charge in [-0.3, -0.25) is 9.59 Å². The lowest BCUT2D eigenvalue weighted by molar-refractivity contribution is -0.148. The normalized spacial score (nSPS) is 11.8. The number of carbonyl (C=O) groups is 2. The summed E-state index contributed by atoms with van der Waals surface area (Å²) in [7, 11) is 1.58. The molecule has 0 saturated heterocycles. The Kier molecular flexibility index (Phi) is 6.89. The van der Waals surface area contributed by atoms with E-state index in [1.165, 1.54) is 11.8 Å². The average molecular weight is 395 g/mol. The number of furan rings is 1. The molecule has 3 rings (SSSR count). The van der Waals surface area contributed by atoms with Crippen LogP contribution in [0.5, 0.6) is 5.75 Å². The Balaban J connectivity index is 1.42. The number of nitrogens with one attached hydrogen (secondary N) is 1. The van der Waals surface area contributed by atoms with Crippen LogP contribution in [0.15, 0.2) is 59.2 Å². The van der Waals surface area contributed by atoms with Crippen molar-refractivity contribution in [3.63, 3.8) is 0 Å². The number of carbonyl (C=O) groups excluding carboxylic acids is 2. The van der Waals surface area contributed by atoms with E-state index in [-0.39, 0.29) is 25.0 Å². The van der Waals surface area contributed by atoms with Crippen LogP contribution in [-0.4, -0.2) is 31.6 Å². The van der Waals surface area contributed by atoms with Gasteiger partial charge in [-0.2, -0.15) is 0 Å². The van der Waals surface area contributed by atoms with Gasteiger partial charge < -0.3 is 19.2 Å². The molecule has 0 fully saturated rings. The first-order chi connectivity index (χ1) is 14.0. The summed E-state index contributed by atoms with van der Waals surface area (Å²) in [6.45, 7) is 1.65. The molecule has 1 N–H and O–H groups in total. The molecule has 0 aliphatic rings. The van der Waals surface area contributed by atoms with Crippen molar-refractivity contribution in [2.45, 2.75) is 32.2 Å². The molecule has 1 aromatic heterocycles. The monoisotopic (exact) mass is 395 g/mol. The fourth-order valence-electron chi connectivity index (χ4n) is 3.10. The lowest BCUT2D eigenvalue weighted by Gasteiger charge is -2.14. The molecule has 3 aromatic rings. The summed E-state index contributed by atoms with van der Waals surface area (Å²) in [4.78, 5) is 24.1. The van der Waals surface area contributed by atoms with E-state index in [0.717, 1.165) is 18.2 Å². The number of esters is 1. The van der Waals surface area contributed by atoms with Crippen molar-refractivity contribution in [3.05, 3.63) is 65.9 Å². The molecule has 0 aliphatic heterocycles. The van der Waals surface area contributed by atoms with E-state index in [9.17, 15) is 9.59 Å². The maximum atomic E-state index is 12.1. The Hall–Kier alpha value is -3.28. The Morgan fingerprint density at radius 3 is 2.69 bits per heavy atom. The van der Waals surface area contributed by atoms with Crippen LogP contribution in [0, 0.1) is 0 Å². The Morgan fingerprint density at radius 2 is 1.93 bits per heavy atom. The van der Waals surface area contributed by atoms with Crippen LogP contribution in [0.3, 0.4) is 0 Å². The molecule has 1 amide bonds. The second kappa shape index (κ2) is 9.78. The zero-order valence-electron chi connectivity index (χ0n) is 16.6. The molecule has 6 heteroatoms. The van der Waals surface area contributed by atoms with Gasteiger partial charge in [0.1, 0.15) is 11.3 Å². The van der Waals surface area contributed by atoms with Gasteiger partial charge >= 0.3 is 5.97 Å². The van der Waals surface area contributed by atoms with Gasteiger partial charge in [0.25, 0.3) is 5.91 Å². The maximum Gasteiger partial charge on any atom is 0.310 e. The lowest BCUT2D eigenvalue weighted by atomic mass is 10.1. The number of fused-ring (bicyclic) bond motifs is 1. The van der Waals surface area contributed by atoms with Crippen molar-refractivity contribution in [1.82, 2.24) is 5.32 Å². The smallest absolute Gasteiger partial charge is 0.310 e. The molecule has 6 nitrogen and oxygen atoms in total. The molecular formula is C23H25NO5. The number of methoxy groups -OCH3 is 1. The molecule has 2 aromatic carbocycles. The molecule has 0 unspecified atom stereocenters. The van der Waals surface area contributed by atoms with Gasteiger partial charge in [-0.05, 0) is 37.5 Å². The molecule has 29 heavy (non-hydrogen) atoms. The van der Waals surface area contributed by atoms with Crippen LogP contribution in [0.1, 0.15) is 24.5 Å². The Labute approximate surface area is 169 Å². The molecule has 1 heterocycles. The van der Waals surface area contributed by atoms with Gasteiger partial charge in [-0.15, -0.1) is 0 Å². The topological polar surface area (TPSA) is 77.8 Å². The minimum absolute atomic E-state index is 0.00536. The van der Waals surface area contributed by atoms with Crippen LogP contribution in [0.2, 0.25) is 0 Å². The van der Waals surface area contributed by atoms with Gasteiger partial charge in [0.05, 0.1) is 19.8 Å². The Bertz CT molecular complexity index is 964. The van der Waals surface area contributed by atoms with Crippen LogP contribution < -0.4 is 10.1 Å². The summed E-state index contributed by atoms with van der Waals surface area (Å²) in [6, 6.07) is 15.5. The van der Waals surface area contributed by atoms with E-state index in [1.54, 1.807) is 19.2 Å². The second-order valence-corrected chi connectivity index (χ2v) is 6.95. The van der Waals surface area contributed by atoms with Crippen molar-refractivity contribution in [3.8, 4) is 5.75 Å². The largest absolute Gasteiger partial charge is 0.497 e. The highest BCUT2D eigenvalue weighted by atomic mass is 16.5. The first-order valence-electron chi connectivity index (χ1n) is 9.58. The van der Waals surface area contributed by atoms with Gasteiger partial charge in [0.15, 0.2) is 6.61 Å². The summed E-state index contributed by atoms with van der Waals surface area (Å²) in [6.07, 6.45) is 3.25. The molecule has 152 valence electrons. The van der Waals surface area contributed by atoms with Gasteiger partial charge in [0.2, 0.25) is 0 Å². The summed E-state index contributed by atoms with van der Waals surface area (Å²) < 4.78 is 15.7. The molecule has 0 radical (unpaired) electrons. The average Bonchev–Trinajstić information content (AvgIpc) is 3.13. The predicted octanol–water partition coefficient (Wildman–Crippen LogP) is 3.66. The third kappa shape index (κ3) is 5.85. The molecule has 0 aliphatic carbocycles. The van der Waals surface area contributed by atoms with Crippen molar-refractivity contribution >= 4 is 22.8 Å². The Morgan fingerprint density at radius 1 is 1.14 bits per heavy atom. The first kappa shape index (κ1) is 20.5. The summed E-state index contributed by atoms with van der Waals surface area (Å²) >= 11 is 0. The highest BCUT2D eigenvalue weighted by Crippen LogP contribution is 2.26. The van der Waals surface area contributed by atoms with E-state index in [4.69, 9.17) is 13.9 Å². The quantitative estimate of drug-likeness (QED) is 0.560. The van der Waals surface area contributed by atoms with Gasteiger partial charge in [0, 0.05) is 23.1 Å². The standard InChI is InChI=1S/C23H25NO5/c1-16(8-9-17-6-4-3-5-7-17)24-22(25)15-29-23(26)12-18-14-28-21-13-19(27-2)10-11-20(18)21/h3-7,10-11,13-14,16H,8-9,12,15H2,1-2H3,(H,24,25)/t16-/m0/s1. The fraction of sp³-hybridized carbons (Fsp3) is 0.304. The van der Waals surface area contributed by atoms with Crippen LogP contribution in [0.4, 0.5) is 0 Å². The summed E-state index contributed by atoms with van der Waals surface area (Å²) in [5.74, 6) is -0.102. The zero-order chi connectivity index (χ0) is 20.6.